The topological polar surface area (TPSA) is 41.5 Å². The van der Waals surface area contributed by atoms with Crippen LogP contribution in [0.1, 0.15) is 16.7 Å². The molecule has 0 unspecified atom stereocenters. The third kappa shape index (κ3) is 3.89. The lowest BCUT2D eigenvalue weighted by Crippen LogP contribution is -2.19. The minimum absolute atomic E-state index is 0.133. The molecule has 0 atom stereocenters. The Morgan fingerprint density at radius 3 is 2.50 bits per heavy atom. The molecule has 0 aliphatic carbocycles. The molecule has 0 aliphatic heterocycles. The van der Waals surface area contributed by atoms with E-state index in [1.807, 2.05) is 67.6 Å². The van der Waals surface area contributed by atoms with Gasteiger partial charge in [-0.1, -0.05) is 76.1 Å². The number of hydrogen-bond donors (Lipinski definition) is 1. The third-order valence-corrected chi connectivity index (χ3v) is 4.48. The fraction of sp³-hybridized carbons (Fsp3) is 0.100. The summed E-state index contributed by atoms with van der Waals surface area (Å²) in [5.74, 6) is -0.133. The summed E-state index contributed by atoms with van der Waals surface area (Å²) < 4.78 is 1.03. The second kappa shape index (κ2) is 7.41. The van der Waals surface area contributed by atoms with Crippen LogP contribution in [0.5, 0.6) is 0 Å². The van der Waals surface area contributed by atoms with Gasteiger partial charge in [0.2, 0.25) is 5.91 Å². The molecule has 0 spiro atoms. The Morgan fingerprint density at radius 1 is 1.04 bits per heavy atom. The first-order valence-electron chi connectivity index (χ1n) is 7.68. The Labute approximate surface area is 149 Å². The molecule has 1 N–H and O–H groups in total. The standard InChI is InChI=1S/C20H17BrN2O/c1-14-6-8-15(9-7-14)13-22-23-20(24)12-16-10-11-19(21)18-5-3-2-4-17(16)18/h2-11,13H,12H2,1H3,(H,23,24). The number of aryl methyl sites for hydroxylation is 1. The molecular formula is C20H17BrN2O. The van der Waals surface area contributed by atoms with Gasteiger partial charge in [0, 0.05) is 4.47 Å². The molecule has 3 aromatic carbocycles. The van der Waals surface area contributed by atoms with Crippen LogP contribution in [0.25, 0.3) is 10.8 Å². The highest BCUT2D eigenvalue weighted by Crippen LogP contribution is 2.27. The molecule has 1 amide bonds. The maximum atomic E-state index is 12.1. The molecule has 3 aromatic rings. The van der Waals surface area contributed by atoms with Crippen LogP contribution in [0.15, 0.2) is 70.2 Å². The summed E-state index contributed by atoms with van der Waals surface area (Å²) in [6.45, 7) is 2.03. The molecule has 0 heterocycles. The van der Waals surface area contributed by atoms with Crippen molar-refractivity contribution in [1.29, 1.82) is 0 Å². The van der Waals surface area contributed by atoms with Crippen molar-refractivity contribution >= 4 is 38.8 Å². The average Bonchev–Trinajstić information content (AvgIpc) is 2.59. The molecule has 0 fully saturated rings. The van der Waals surface area contributed by atoms with Crippen molar-refractivity contribution in [2.24, 2.45) is 5.10 Å². The van der Waals surface area contributed by atoms with E-state index in [9.17, 15) is 4.79 Å². The van der Waals surface area contributed by atoms with E-state index in [0.29, 0.717) is 6.42 Å². The van der Waals surface area contributed by atoms with Crippen LogP contribution >= 0.6 is 15.9 Å². The Balaban J connectivity index is 1.69. The number of benzene rings is 3. The molecule has 3 rings (SSSR count). The predicted molar refractivity (Wildman–Crippen MR) is 102 cm³/mol. The van der Waals surface area contributed by atoms with Crippen LogP contribution in [0.2, 0.25) is 0 Å². The average molecular weight is 381 g/mol. The number of rotatable bonds is 4. The second-order valence-electron chi connectivity index (χ2n) is 5.63. The van der Waals surface area contributed by atoms with E-state index in [0.717, 1.165) is 26.4 Å². The molecule has 0 aromatic heterocycles. The van der Waals surface area contributed by atoms with E-state index < -0.39 is 0 Å². The van der Waals surface area contributed by atoms with Gasteiger partial charge in [0.25, 0.3) is 0 Å². The van der Waals surface area contributed by atoms with Crippen LogP contribution in [-0.2, 0) is 11.2 Å². The molecule has 24 heavy (non-hydrogen) atoms. The summed E-state index contributed by atoms with van der Waals surface area (Å²) in [7, 11) is 0. The summed E-state index contributed by atoms with van der Waals surface area (Å²) in [5.41, 5.74) is 5.72. The minimum atomic E-state index is -0.133. The third-order valence-electron chi connectivity index (χ3n) is 3.79. The van der Waals surface area contributed by atoms with Crippen LogP contribution in [0.3, 0.4) is 0 Å². The highest BCUT2D eigenvalue weighted by molar-refractivity contribution is 9.10. The van der Waals surface area contributed by atoms with Crippen LogP contribution in [-0.4, -0.2) is 12.1 Å². The van der Waals surface area contributed by atoms with Crippen LogP contribution < -0.4 is 5.43 Å². The molecule has 3 nitrogen and oxygen atoms in total. The molecule has 0 radical (unpaired) electrons. The van der Waals surface area contributed by atoms with Crippen LogP contribution in [0, 0.1) is 6.92 Å². The zero-order valence-electron chi connectivity index (χ0n) is 13.3. The quantitative estimate of drug-likeness (QED) is 0.521. The normalized spacial score (nSPS) is 11.1. The van der Waals surface area contributed by atoms with Crippen LogP contribution in [0.4, 0.5) is 0 Å². The second-order valence-corrected chi connectivity index (χ2v) is 6.49. The van der Waals surface area contributed by atoms with Crippen molar-refractivity contribution in [3.05, 3.63) is 81.8 Å². The molecule has 0 saturated heterocycles. The number of hydrazone groups is 1. The fourth-order valence-electron chi connectivity index (χ4n) is 2.52. The zero-order valence-corrected chi connectivity index (χ0v) is 14.9. The zero-order chi connectivity index (χ0) is 16.9. The predicted octanol–water partition coefficient (Wildman–Crippen LogP) is 4.60. The largest absolute Gasteiger partial charge is 0.273 e. The maximum absolute atomic E-state index is 12.1. The summed E-state index contributed by atoms with van der Waals surface area (Å²) >= 11 is 3.55. The lowest BCUT2D eigenvalue weighted by atomic mass is 10.0. The number of carbonyl (C=O) groups excluding carboxylic acids is 1. The van der Waals surface area contributed by atoms with Gasteiger partial charge in [0.1, 0.15) is 0 Å². The lowest BCUT2D eigenvalue weighted by Gasteiger charge is -2.07. The van der Waals surface area contributed by atoms with Gasteiger partial charge in [-0.2, -0.15) is 5.10 Å². The van der Waals surface area contributed by atoms with Gasteiger partial charge in [-0.25, -0.2) is 5.43 Å². The van der Waals surface area contributed by atoms with Gasteiger partial charge in [0.15, 0.2) is 0 Å². The first kappa shape index (κ1) is 16.4. The van der Waals surface area contributed by atoms with E-state index in [-0.39, 0.29) is 5.91 Å². The Morgan fingerprint density at radius 2 is 1.75 bits per heavy atom. The minimum Gasteiger partial charge on any atom is -0.273 e. The Hall–Kier alpha value is -2.46. The molecule has 0 saturated carbocycles. The van der Waals surface area contributed by atoms with Gasteiger partial charge in [-0.15, -0.1) is 0 Å². The summed E-state index contributed by atoms with van der Waals surface area (Å²) in [4.78, 5) is 12.1. The molecule has 120 valence electrons. The number of carbonyl (C=O) groups is 1. The Bertz CT molecular complexity index is 901. The van der Waals surface area contributed by atoms with Crippen molar-refractivity contribution in [1.82, 2.24) is 5.43 Å². The van der Waals surface area contributed by atoms with Gasteiger partial charge < -0.3 is 0 Å². The number of amides is 1. The van der Waals surface area contributed by atoms with E-state index in [1.54, 1.807) is 6.21 Å². The molecule has 4 heteroatoms. The molecule has 0 aliphatic rings. The smallest absolute Gasteiger partial charge is 0.244 e. The lowest BCUT2D eigenvalue weighted by molar-refractivity contribution is -0.120. The van der Waals surface area contributed by atoms with Gasteiger partial charge in [-0.05, 0) is 34.9 Å². The number of halogens is 1. The highest BCUT2D eigenvalue weighted by Gasteiger charge is 2.08. The summed E-state index contributed by atoms with van der Waals surface area (Å²) in [6.07, 6.45) is 1.94. The van der Waals surface area contributed by atoms with Crippen molar-refractivity contribution in [2.75, 3.05) is 0 Å². The van der Waals surface area contributed by atoms with Crippen molar-refractivity contribution in [3.8, 4) is 0 Å². The summed E-state index contributed by atoms with van der Waals surface area (Å²) in [6, 6.07) is 19.9. The molecular weight excluding hydrogens is 364 g/mol. The van der Waals surface area contributed by atoms with Gasteiger partial charge >= 0.3 is 0 Å². The van der Waals surface area contributed by atoms with E-state index in [1.165, 1.54) is 5.56 Å². The van der Waals surface area contributed by atoms with Crippen molar-refractivity contribution in [3.63, 3.8) is 0 Å². The first-order chi connectivity index (χ1) is 11.6. The monoisotopic (exact) mass is 380 g/mol. The SMILES string of the molecule is Cc1ccc(C=NNC(=O)Cc2ccc(Br)c3ccccc23)cc1. The van der Waals surface area contributed by atoms with Crippen molar-refractivity contribution < 1.29 is 4.79 Å². The van der Waals surface area contributed by atoms with E-state index in [2.05, 4.69) is 26.5 Å². The first-order valence-corrected chi connectivity index (χ1v) is 8.47. The number of nitrogens with one attached hydrogen (secondary N) is 1. The molecule has 0 bridgehead atoms. The number of nitrogens with zero attached hydrogens (tertiary/aromatic N) is 1. The fourth-order valence-corrected chi connectivity index (χ4v) is 3.00. The van der Waals surface area contributed by atoms with E-state index in [4.69, 9.17) is 0 Å². The van der Waals surface area contributed by atoms with Gasteiger partial charge in [-0.3, -0.25) is 4.79 Å². The maximum Gasteiger partial charge on any atom is 0.244 e. The van der Waals surface area contributed by atoms with Gasteiger partial charge in [0.05, 0.1) is 12.6 Å². The number of hydrogen-bond acceptors (Lipinski definition) is 2. The summed E-state index contributed by atoms with van der Waals surface area (Å²) in [5, 5.41) is 6.21. The number of fused-ring (bicyclic) bond motifs is 1. The highest BCUT2D eigenvalue weighted by atomic mass is 79.9. The van der Waals surface area contributed by atoms with E-state index >= 15 is 0 Å². The van der Waals surface area contributed by atoms with Crippen molar-refractivity contribution in [2.45, 2.75) is 13.3 Å². The Kier molecular flexibility index (Phi) is 5.06.